The summed E-state index contributed by atoms with van der Waals surface area (Å²) >= 11 is 1.70. The van der Waals surface area contributed by atoms with Gasteiger partial charge >= 0.3 is 0 Å². The van der Waals surface area contributed by atoms with Crippen LogP contribution in [0.25, 0.3) is 11.3 Å². The third-order valence-electron chi connectivity index (χ3n) is 4.16. The molecule has 1 N–H and O–H groups in total. The summed E-state index contributed by atoms with van der Waals surface area (Å²) < 4.78 is 5.34. The Morgan fingerprint density at radius 2 is 2.14 bits per heavy atom. The second-order valence-corrected chi connectivity index (χ2v) is 6.90. The van der Waals surface area contributed by atoms with Gasteiger partial charge in [-0.1, -0.05) is 12.1 Å². The van der Waals surface area contributed by atoms with Crippen LogP contribution in [0, 0.1) is 6.92 Å². The molecule has 3 aromatic rings. The first kappa shape index (κ1) is 13.6. The first-order chi connectivity index (χ1) is 10.8. The standard InChI is InChI=1S/C18H18N2OS/c1-12-17(15-8-7-13-4-2-5-14(13)10-15)20-18(22-12)19-11-16-6-3-9-21-16/h3,6-10H,2,4-5,11H2,1H3,(H,19,20). The van der Waals surface area contributed by atoms with Gasteiger partial charge in [0.25, 0.3) is 0 Å². The molecule has 0 radical (unpaired) electrons. The molecule has 4 heteroatoms. The van der Waals surface area contributed by atoms with Crippen molar-refractivity contribution in [1.29, 1.82) is 0 Å². The summed E-state index contributed by atoms with van der Waals surface area (Å²) in [5.41, 5.74) is 5.34. The zero-order chi connectivity index (χ0) is 14.9. The number of thiazole rings is 1. The summed E-state index contributed by atoms with van der Waals surface area (Å²) in [7, 11) is 0. The third kappa shape index (κ3) is 2.55. The van der Waals surface area contributed by atoms with Crippen LogP contribution in [0.4, 0.5) is 5.13 Å². The van der Waals surface area contributed by atoms with Gasteiger partial charge in [-0.2, -0.15) is 0 Å². The first-order valence-electron chi connectivity index (χ1n) is 7.65. The average molecular weight is 310 g/mol. The second-order valence-electron chi connectivity index (χ2n) is 5.69. The molecule has 0 aliphatic heterocycles. The summed E-state index contributed by atoms with van der Waals surface area (Å²) in [4.78, 5) is 6.02. The van der Waals surface area contributed by atoms with E-state index < -0.39 is 0 Å². The number of hydrogen-bond acceptors (Lipinski definition) is 4. The van der Waals surface area contributed by atoms with Crippen molar-refractivity contribution >= 4 is 16.5 Å². The molecular weight excluding hydrogens is 292 g/mol. The van der Waals surface area contributed by atoms with Gasteiger partial charge in [-0.15, -0.1) is 11.3 Å². The lowest BCUT2D eigenvalue weighted by atomic mass is 10.0. The number of nitrogens with zero attached hydrogens (tertiary/aromatic N) is 1. The van der Waals surface area contributed by atoms with Crippen LogP contribution in [-0.4, -0.2) is 4.98 Å². The molecule has 1 aliphatic rings. The lowest BCUT2D eigenvalue weighted by molar-refractivity contribution is 0.518. The second kappa shape index (κ2) is 5.61. The van der Waals surface area contributed by atoms with E-state index in [0.29, 0.717) is 6.54 Å². The summed E-state index contributed by atoms with van der Waals surface area (Å²) in [5.74, 6) is 0.923. The van der Waals surface area contributed by atoms with Gasteiger partial charge in [0.05, 0.1) is 18.5 Å². The summed E-state index contributed by atoms with van der Waals surface area (Å²) in [6.45, 7) is 2.81. The van der Waals surface area contributed by atoms with Crippen molar-refractivity contribution in [3.05, 3.63) is 58.4 Å². The first-order valence-corrected chi connectivity index (χ1v) is 8.47. The molecule has 4 rings (SSSR count). The zero-order valence-corrected chi connectivity index (χ0v) is 13.4. The topological polar surface area (TPSA) is 38.1 Å². The Labute approximate surface area is 134 Å². The fourth-order valence-electron chi connectivity index (χ4n) is 3.03. The van der Waals surface area contributed by atoms with E-state index in [4.69, 9.17) is 9.40 Å². The number of anilines is 1. The fourth-order valence-corrected chi connectivity index (χ4v) is 3.87. The minimum atomic E-state index is 0.670. The van der Waals surface area contributed by atoms with Crippen LogP contribution in [0.5, 0.6) is 0 Å². The molecule has 0 unspecified atom stereocenters. The van der Waals surface area contributed by atoms with Crippen molar-refractivity contribution in [3.63, 3.8) is 0 Å². The number of nitrogens with one attached hydrogen (secondary N) is 1. The number of aryl methyl sites for hydroxylation is 3. The summed E-state index contributed by atoms with van der Waals surface area (Å²) in [5, 5.41) is 4.29. The molecule has 1 aromatic carbocycles. The molecule has 0 bridgehead atoms. The van der Waals surface area contributed by atoms with Gasteiger partial charge in [-0.3, -0.25) is 0 Å². The monoisotopic (exact) mass is 310 g/mol. The minimum absolute atomic E-state index is 0.670. The average Bonchev–Trinajstić information content (AvgIpc) is 3.25. The predicted octanol–water partition coefficient (Wildman–Crippen LogP) is 4.81. The Kier molecular flexibility index (Phi) is 3.47. The molecule has 3 nitrogen and oxygen atoms in total. The van der Waals surface area contributed by atoms with E-state index in [0.717, 1.165) is 16.6 Å². The Bertz CT molecular complexity index is 790. The van der Waals surface area contributed by atoms with Gasteiger partial charge in [-0.25, -0.2) is 4.98 Å². The maximum atomic E-state index is 5.34. The molecule has 2 heterocycles. The van der Waals surface area contributed by atoms with Crippen molar-refractivity contribution in [3.8, 4) is 11.3 Å². The third-order valence-corrected chi connectivity index (χ3v) is 5.09. The molecule has 0 saturated carbocycles. The lowest BCUT2D eigenvalue weighted by Gasteiger charge is -2.03. The fraction of sp³-hybridized carbons (Fsp3) is 0.278. The molecule has 2 aromatic heterocycles. The number of furan rings is 1. The van der Waals surface area contributed by atoms with Crippen LogP contribution in [0.2, 0.25) is 0 Å². The highest BCUT2D eigenvalue weighted by molar-refractivity contribution is 7.15. The quantitative estimate of drug-likeness (QED) is 0.751. The van der Waals surface area contributed by atoms with Crippen molar-refractivity contribution in [1.82, 2.24) is 4.98 Å². The van der Waals surface area contributed by atoms with Crippen molar-refractivity contribution < 1.29 is 4.42 Å². The largest absolute Gasteiger partial charge is 0.467 e. The van der Waals surface area contributed by atoms with E-state index in [1.54, 1.807) is 17.6 Å². The summed E-state index contributed by atoms with van der Waals surface area (Å²) in [6.07, 6.45) is 5.41. The number of rotatable bonds is 4. The van der Waals surface area contributed by atoms with Gasteiger partial charge in [0.2, 0.25) is 0 Å². The van der Waals surface area contributed by atoms with Gasteiger partial charge < -0.3 is 9.73 Å². The van der Waals surface area contributed by atoms with Crippen LogP contribution in [-0.2, 0) is 19.4 Å². The molecule has 0 amide bonds. The number of fused-ring (bicyclic) bond motifs is 1. The van der Waals surface area contributed by atoms with Crippen LogP contribution in [0.1, 0.15) is 28.2 Å². The van der Waals surface area contributed by atoms with Gasteiger partial charge in [0, 0.05) is 10.4 Å². The maximum Gasteiger partial charge on any atom is 0.183 e. The van der Waals surface area contributed by atoms with E-state index in [-0.39, 0.29) is 0 Å². The zero-order valence-electron chi connectivity index (χ0n) is 12.6. The number of hydrogen-bond donors (Lipinski definition) is 1. The van der Waals surface area contributed by atoms with Crippen LogP contribution < -0.4 is 5.32 Å². The molecular formula is C18H18N2OS. The Balaban J connectivity index is 1.57. The van der Waals surface area contributed by atoms with Crippen LogP contribution in [0.3, 0.4) is 0 Å². The van der Waals surface area contributed by atoms with Crippen molar-refractivity contribution in [2.75, 3.05) is 5.32 Å². The highest BCUT2D eigenvalue weighted by atomic mass is 32.1. The van der Waals surface area contributed by atoms with Crippen molar-refractivity contribution in [2.24, 2.45) is 0 Å². The molecule has 1 aliphatic carbocycles. The van der Waals surface area contributed by atoms with E-state index >= 15 is 0 Å². The van der Waals surface area contributed by atoms with Crippen LogP contribution in [0.15, 0.2) is 41.0 Å². The minimum Gasteiger partial charge on any atom is -0.467 e. The van der Waals surface area contributed by atoms with E-state index in [1.165, 1.54) is 40.8 Å². The van der Waals surface area contributed by atoms with E-state index in [1.807, 2.05) is 12.1 Å². The Morgan fingerprint density at radius 1 is 1.23 bits per heavy atom. The SMILES string of the molecule is Cc1sc(NCc2ccco2)nc1-c1ccc2c(c1)CCC2. The van der Waals surface area contributed by atoms with Crippen LogP contribution >= 0.6 is 11.3 Å². The molecule has 0 fully saturated rings. The summed E-state index contributed by atoms with van der Waals surface area (Å²) in [6, 6.07) is 10.7. The lowest BCUT2D eigenvalue weighted by Crippen LogP contribution is -1.97. The molecule has 0 spiro atoms. The molecule has 112 valence electrons. The maximum absolute atomic E-state index is 5.34. The van der Waals surface area contributed by atoms with E-state index in [2.05, 4.69) is 30.4 Å². The Hall–Kier alpha value is -2.07. The highest BCUT2D eigenvalue weighted by Crippen LogP contribution is 2.33. The number of aromatic nitrogens is 1. The number of benzene rings is 1. The van der Waals surface area contributed by atoms with Crippen molar-refractivity contribution in [2.45, 2.75) is 32.7 Å². The predicted molar refractivity (Wildman–Crippen MR) is 90.3 cm³/mol. The molecule has 0 saturated heterocycles. The highest BCUT2D eigenvalue weighted by Gasteiger charge is 2.15. The van der Waals surface area contributed by atoms with Gasteiger partial charge in [0.1, 0.15) is 5.76 Å². The Morgan fingerprint density at radius 3 is 3.00 bits per heavy atom. The van der Waals surface area contributed by atoms with Gasteiger partial charge in [-0.05, 0) is 55.5 Å². The molecule has 22 heavy (non-hydrogen) atoms. The van der Waals surface area contributed by atoms with Gasteiger partial charge in [0.15, 0.2) is 5.13 Å². The smallest absolute Gasteiger partial charge is 0.183 e. The van der Waals surface area contributed by atoms with E-state index in [9.17, 15) is 0 Å². The normalized spacial score (nSPS) is 13.3. The molecule has 0 atom stereocenters.